The van der Waals surface area contributed by atoms with Gasteiger partial charge in [-0.25, -0.2) is 9.97 Å². The molecule has 29 heavy (non-hydrogen) atoms. The monoisotopic (exact) mass is 406 g/mol. The average Bonchev–Trinajstić information content (AvgIpc) is 2.78. The van der Waals surface area contributed by atoms with Crippen LogP contribution < -0.4 is 14.5 Å². The number of hydrogen-bond acceptors (Lipinski definition) is 6. The predicted octanol–water partition coefficient (Wildman–Crippen LogP) is 4.41. The summed E-state index contributed by atoms with van der Waals surface area (Å²) in [6.45, 7) is 5.92. The van der Waals surface area contributed by atoms with E-state index in [1.165, 1.54) is 16.8 Å². The summed E-state index contributed by atoms with van der Waals surface area (Å²) < 4.78 is 5.26. The molecule has 2 aromatic carbocycles. The molecule has 3 aromatic rings. The van der Waals surface area contributed by atoms with Crippen LogP contribution in [0.5, 0.6) is 5.75 Å². The Labute approximate surface area is 176 Å². The zero-order valence-corrected chi connectivity index (χ0v) is 17.7. The lowest BCUT2D eigenvalue weighted by atomic mass is 10.2. The SMILES string of the molecule is COc1ccc(N2CCN(c3nccnc3SCc3cccc(C)c3)CC2)cc1. The highest BCUT2D eigenvalue weighted by molar-refractivity contribution is 7.98. The number of hydrogen-bond donors (Lipinski definition) is 0. The van der Waals surface area contributed by atoms with Gasteiger partial charge in [0.1, 0.15) is 10.8 Å². The highest BCUT2D eigenvalue weighted by Crippen LogP contribution is 2.30. The second-order valence-electron chi connectivity index (χ2n) is 7.13. The minimum absolute atomic E-state index is 0.891. The van der Waals surface area contributed by atoms with E-state index < -0.39 is 0 Å². The van der Waals surface area contributed by atoms with E-state index in [4.69, 9.17) is 4.74 Å². The molecule has 1 saturated heterocycles. The van der Waals surface area contributed by atoms with E-state index in [0.717, 1.165) is 48.5 Å². The van der Waals surface area contributed by atoms with Crippen LogP contribution >= 0.6 is 11.8 Å². The van der Waals surface area contributed by atoms with Crippen molar-refractivity contribution < 1.29 is 4.74 Å². The van der Waals surface area contributed by atoms with Crippen molar-refractivity contribution in [2.45, 2.75) is 17.7 Å². The second-order valence-corrected chi connectivity index (χ2v) is 8.10. The third kappa shape index (κ3) is 4.82. The van der Waals surface area contributed by atoms with Gasteiger partial charge in [0.15, 0.2) is 5.82 Å². The number of piperazine rings is 1. The molecule has 1 aliphatic heterocycles. The summed E-state index contributed by atoms with van der Waals surface area (Å²) in [7, 11) is 1.70. The van der Waals surface area contributed by atoms with E-state index in [2.05, 4.69) is 63.1 Å². The molecule has 0 bridgehead atoms. The van der Waals surface area contributed by atoms with Gasteiger partial charge in [0.2, 0.25) is 0 Å². The van der Waals surface area contributed by atoms with Gasteiger partial charge in [-0.15, -0.1) is 0 Å². The van der Waals surface area contributed by atoms with Crippen molar-refractivity contribution in [3.05, 3.63) is 72.1 Å². The number of benzene rings is 2. The number of thioether (sulfide) groups is 1. The van der Waals surface area contributed by atoms with E-state index >= 15 is 0 Å². The lowest BCUT2D eigenvalue weighted by Gasteiger charge is -2.37. The number of aryl methyl sites for hydroxylation is 1. The van der Waals surface area contributed by atoms with Crippen molar-refractivity contribution >= 4 is 23.3 Å². The Kier molecular flexibility index (Phi) is 6.20. The van der Waals surface area contributed by atoms with Crippen molar-refractivity contribution in [2.75, 3.05) is 43.1 Å². The number of ether oxygens (including phenoxy) is 1. The molecule has 5 nitrogen and oxygen atoms in total. The summed E-state index contributed by atoms with van der Waals surface area (Å²) in [6.07, 6.45) is 3.58. The van der Waals surface area contributed by atoms with E-state index in [-0.39, 0.29) is 0 Å². The third-order valence-corrected chi connectivity index (χ3v) is 6.16. The molecule has 0 N–H and O–H groups in total. The fourth-order valence-corrected chi connectivity index (χ4v) is 4.49. The maximum atomic E-state index is 5.26. The Bertz CT molecular complexity index is 940. The lowest BCUT2D eigenvalue weighted by Crippen LogP contribution is -2.47. The minimum atomic E-state index is 0.891. The summed E-state index contributed by atoms with van der Waals surface area (Å²) in [6, 6.07) is 16.9. The van der Waals surface area contributed by atoms with Crippen LogP contribution in [0.1, 0.15) is 11.1 Å². The van der Waals surface area contributed by atoms with Crippen LogP contribution in [0.4, 0.5) is 11.5 Å². The molecule has 1 aromatic heterocycles. The average molecular weight is 407 g/mol. The Morgan fingerprint density at radius 2 is 1.66 bits per heavy atom. The number of anilines is 2. The fraction of sp³-hybridized carbons (Fsp3) is 0.304. The predicted molar refractivity (Wildman–Crippen MR) is 120 cm³/mol. The Morgan fingerprint density at radius 3 is 2.38 bits per heavy atom. The van der Waals surface area contributed by atoms with Crippen molar-refractivity contribution in [3.8, 4) is 5.75 Å². The number of rotatable bonds is 6. The molecular formula is C23H26N4OS. The summed E-state index contributed by atoms with van der Waals surface area (Å²) in [5, 5.41) is 1.01. The van der Waals surface area contributed by atoms with Crippen molar-refractivity contribution in [3.63, 3.8) is 0 Å². The maximum Gasteiger partial charge on any atom is 0.161 e. The molecular weight excluding hydrogens is 380 g/mol. The molecule has 6 heteroatoms. The van der Waals surface area contributed by atoms with E-state index in [1.807, 2.05) is 12.1 Å². The Hall–Kier alpha value is -2.73. The molecule has 1 aliphatic rings. The van der Waals surface area contributed by atoms with Crippen LogP contribution in [0, 0.1) is 6.92 Å². The topological polar surface area (TPSA) is 41.5 Å². The molecule has 0 aliphatic carbocycles. The first kappa shape index (κ1) is 19.6. The molecule has 0 spiro atoms. The van der Waals surface area contributed by atoms with Gasteiger partial charge in [-0.1, -0.05) is 41.6 Å². The molecule has 2 heterocycles. The second kappa shape index (κ2) is 9.18. The third-order valence-electron chi connectivity index (χ3n) is 5.12. The number of aromatic nitrogens is 2. The van der Waals surface area contributed by atoms with Gasteiger partial charge in [0.05, 0.1) is 7.11 Å². The van der Waals surface area contributed by atoms with Gasteiger partial charge in [0, 0.05) is 50.0 Å². The summed E-state index contributed by atoms with van der Waals surface area (Å²) in [5.41, 5.74) is 3.84. The van der Waals surface area contributed by atoms with Gasteiger partial charge in [0.25, 0.3) is 0 Å². The number of nitrogens with zero attached hydrogens (tertiary/aromatic N) is 4. The van der Waals surface area contributed by atoms with Gasteiger partial charge in [-0.05, 0) is 36.8 Å². The molecule has 0 saturated carbocycles. The van der Waals surface area contributed by atoms with Gasteiger partial charge < -0.3 is 14.5 Å². The zero-order chi connectivity index (χ0) is 20.1. The molecule has 0 unspecified atom stereocenters. The number of methoxy groups -OCH3 is 1. The van der Waals surface area contributed by atoms with Crippen molar-refractivity contribution in [1.82, 2.24) is 9.97 Å². The molecule has 0 atom stereocenters. The summed E-state index contributed by atoms with van der Waals surface area (Å²) in [4.78, 5) is 14.0. The molecule has 0 radical (unpaired) electrons. The van der Waals surface area contributed by atoms with E-state index in [1.54, 1.807) is 31.3 Å². The Balaban J connectivity index is 1.40. The van der Waals surface area contributed by atoms with Crippen LogP contribution in [0.15, 0.2) is 66.0 Å². The van der Waals surface area contributed by atoms with E-state index in [9.17, 15) is 0 Å². The van der Waals surface area contributed by atoms with Crippen molar-refractivity contribution in [2.24, 2.45) is 0 Å². The summed E-state index contributed by atoms with van der Waals surface area (Å²) in [5.74, 6) is 2.79. The highest BCUT2D eigenvalue weighted by Gasteiger charge is 2.21. The highest BCUT2D eigenvalue weighted by atomic mass is 32.2. The molecule has 4 rings (SSSR count). The minimum Gasteiger partial charge on any atom is -0.497 e. The van der Waals surface area contributed by atoms with Gasteiger partial charge >= 0.3 is 0 Å². The standard InChI is InChI=1S/C23H26N4OS/c1-18-4-3-5-19(16-18)17-29-23-22(24-10-11-25-23)27-14-12-26(13-15-27)20-6-8-21(28-2)9-7-20/h3-11,16H,12-15,17H2,1-2H3. The van der Waals surface area contributed by atoms with Crippen LogP contribution in [-0.4, -0.2) is 43.3 Å². The van der Waals surface area contributed by atoms with Crippen LogP contribution in [-0.2, 0) is 5.75 Å². The van der Waals surface area contributed by atoms with Gasteiger partial charge in [-0.2, -0.15) is 0 Å². The van der Waals surface area contributed by atoms with Gasteiger partial charge in [-0.3, -0.25) is 0 Å². The normalized spacial score (nSPS) is 14.1. The lowest BCUT2D eigenvalue weighted by molar-refractivity contribution is 0.415. The molecule has 0 amide bonds. The Morgan fingerprint density at radius 1 is 0.931 bits per heavy atom. The zero-order valence-electron chi connectivity index (χ0n) is 16.9. The first-order valence-corrected chi connectivity index (χ1v) is 10.8. The first-order valence-electron chi connectivity index (χ1n) is 9.86. The van der Waals surface area contributed by atoms with Crippen molar-refractivity contribution in [1.29, 1.82) is 0 Å². The quantitative estimate of drug-likeness (QED) is 0.565. The largest absolute Gasteiger partial charge is 0.497 e. The fourth-order valence-electron chi connectivity index (χ4n) is 3.56. The van der Waals surface area contributed by atoms with Crippen LogP contribution in [0.25, 0.3) is 0 Å². The van der Waals surface area contributed by atoms with E-state index in [0.29, 0.717) is 0 Å². The maximum absolute atomic E-state index is 5.26. The molecule has 1 fully saturated rings. The van der Waals surface area contributed by atoms with Crippen LogP contribution in [0.2, 0.25) is 0 Å². The first-order chi connectivity index (χ1) is 14.2. The smallest absolute Gasteiger partial charge is 0.161 e. The molecule has 150 valence electrons. The van der Waals surface area contributed by atoms with Crippen LogP contribution in [0.3, 0.4) is 0 Å². The summed E-state index contributed by atoms with van der Waals surface area (Å²) >= 11 is 1.76.